The van der Waals surface area contributed by atoms with Crippen molar-refractivity contribution < 1.29 is 13.2 Å². The van der Waals surface area contributed by atoms with Crippen LogP contribution in [-0.4, -0.2) is 11.5 Å². The third kappa shape index (κ3) is 2.30. The molecular weight excluding hydrogens is 241 g/mol. The zero-order valence-corrected chi connectivity index (χ0v) is 9.07. The maximum Gasteiger partial charge on any atom is 0.433 e. The van der Waals surface area contributed by atoms with Gasteiger partial charge in [-0.05, 0) is 25.5 Å². The molecular formula is C10H10ClF3N2. The van der Waals surface area contributed by atoms with Crippen LogP contribution in [0, 0.1) is 0 Å². The van der Waals surface area contributed by atoms with E-state index in [-0.39, 0.29) is 11.2 Å². The second kappa shape index (κ2) is 4.22. The summed E-state index contributed by atoms with van der Waals surface area (Å²) in [5, 5.41) is 3.11. The Hall–Kier alpha value is -0.810. The van der Waals surface area contributed by atoms with Crippen LogP contribution in [0.1, 0.15) is 30.1 Å². The molecule has 1 aromatic rings. The Kier molecular flexibility index (Phi) is 3.08. The first-order chi connectivity index (χ1) is 7.48. The van der Waals surface area contributed by atoms with E-state index in [1.807, 2.05) is 0 Å². The molecule has 1 atom stereocenters. The van der Waals surface area contributed by atoms with Crippen LogP contribution in [0.25, 0.3) is 0 Å². The molecule has 0 saturated carbocycles. The molecule has 16 heavy (non-hydrogen) atoms. The minimum atomic E-state index is -4.44. The molecule has 88 valence electrons. The molecule has 0 aromatic carbocycles. The predicted octanol–water partition coefficient (Wildman–Crippen LogP) is 3.18. The number of nitrogens with one attached hydrogen (secondary N) is 1. The lowest BCUT2D eigenvalue weighted by atomic mass is 10.1. The van der Waals surface area contributed by atoms with E-state index in [2.05, 4.69) is 10.3 Å². The highest BCUT2D eigenvalue weighted by atomic mass is 35.5. The molecule has 0 unspecified atom stereocenters. The molecule has 1 N–H and O–H groups in total. The fourth-order valence-corrected chi connectivity index (χ4v) is 2.10. The number of rotatable bonds is 1. The lowest BCUT2D eigenvalue weighted by Gasteiger charge is -2.13. The van der Waals surface area contributed by atoms with Gasteiger partial charge in [0.15, 0.2) is 0 Å². The van der Waals surface area contributed by atoms with Crippen molar-refractivity contribution in [2.45, 2.75) is 25.1 Å². The zero-order valence-electron chi connectivity index (χ0n) is 8.31. The largest absolute Gasteiger partial charge is 0.433 e. The first kappa shape index (κ1) is 11.7. The predicted molar refractivity (Wildman–Crippen MR) is 54.2 cm³/mol. The summed E-state index contributed by atoms with van der Waals surface area (Å²) in [5.74, 6) is 0. The third-order valence-corrected chi connectivity index (χ3v) is 2.91. The van der Waals surface area contributed by atoms with Crippen LogP contribution in [-0.2, 0) is 6.18 Å². The summed E-state index contributed by atoms with van der Waals surface area (Å²) in [6.45, 7) is 0.863. The fraction of sp³-hybridized carbons (Fsp3) is 0.500. The van der Waals surface area contributed by atoms with E-state index in [0.717, 1.165) is 25.5 Å². The maximum absolute atomic E-state index is 12.3. The Balaban J connectivity index is 2.29. The van der Waals surface area contributed by atoms with E-state index >= 15 is 0 Å². The Morgan fingerprint density at radius 1 is 1.38 bits per heavy atom. The zero-order chi connectivity index (χ0) is 11.8. The molecule has 1 aliphatic heterocycles. The van der Waals surface area contributed by atoms with E-state index in [4.69, 9.17) is 11.6 Å². The van der Waals surface area contributed by atoms with Gasteiger partial charge in [0, 0.05) is 11.6 Å². The molecule has 0 radical (unpaired) electrons. The SMILES string of the molecule is FC(F)(F)c1ccc([C@H]2CCCN2)c(Cl)n1. The van der Waals surface area contributed by atoms with Crippen molar-refractivity contribution in [3.05, 3.63) is 28.5 Å². The van der Waals surface area contributed by atoms with Gasteiger partial charge in [-0.3, -0.25) is 0 Å². The number of nitrogens with zero attached hydrogens (tertiary/aromatic N) is 1. The second-order valence-electron chi connectivity index (χ2n) is 3.72. The molecule has 2 heterocycles. The van der Waals surface area contributed by atoms with E-state index in [1.54, 1.807) is 0 Å². The molecule has 1 saturated heterocycles. The smallest absolute Gasteiger partial charge is 0.310 e. The second-order valence-corrected chi connectivity index (χ2v) is 4.08. The highest BCUT2D eigenvalue weighted by Gasteiger charge is 2.33. The van der Waals surface area contributed by atoms with Gasteiger partial charge in [0.05, 0.1) is 0 Å². The third-order valence-electron chi connectivity index (χ3n) is 2.60. The quantitative estimate of drug-likeness (QED) is 0.775. The number of alkyl halides is 3. The fourth-order valence-electron chi connectivity index (χ4n) is 1.81. The molecule has 0 aliphatic carbocycles. The molecule has 6 heteroatoms. The Labute approximate surface area is 95.8 Å². The molecule has 1 aliphatic rings. The molecule has 0 bridgehead atoms. The number of halogens is 4. The van der Waals surface area contributed by atoms with Gasteiger partial charge in [-0.2, -0.15) is 13.2 Å². The van der Waals surface area contributed by atoms with Crippen molar-refractivity contribution in [3.63, 3.8) is 0 Å². The van der Waals surface area contributed by atoms with E-state index in [9.17, 15) is 13.2 Å². The van der Waals surface area contributed by atoms with Gasteiger partial charge in [-0.1, -0.05) is 17.7 Å². The van der Waals surface area contributed by atoms with Crippen molar-refractivity contribution in [1.29, 1.82) is 0 Å². The summed E-state index contributed by atoms with van der Waals surface area (Å²) in [6.07, 6.45) is -2.56. The van der Waals surface area contributed by atoms with Gasteiger partial charge in [-0.15, -0.1) is 0 Å². The first-order valence-corrected chi connectivity index (χ1v) is 5.33. The van der Waals surface area contributed by atoms with Crippen LogP contribution in [0.2, 0.25) is 5.15 Å². The lowest BCUT2D eigenvalue weighted by molar-refractivity contribution is -0.141. The highest BCUT2D eigenvalue weighted by molar-refractivity contribution is 6.30. The molecule has 2 nitrogen and oxygen atoms in total. The molecule has 2 rings (SSSR count). The van der Waals surface area contributed by atoms with Gasteiger partial charge in [-0.25, -0.2) is 4.98 Å². The van der Waals surface area contributed by atoms with Crippen molar-refractivity contribution in [2.24, 2.45) is 0 Å². The summed E-state index contributed by atoms with van der Waals surface area (Å²) in [7, 11) is 0. The van der Waals surface area contributed by atoms with Crippen LogP contribution >= 0.6 is 11.6 Å². The number of hydrogen-bond acceptors (Lipinski definition) is 2. The molecule has 0 spiro atoms. The van der Waals surface area contributed by atoms with Crippen LogP contribution < -0.4 is 5.32 Å². The normalized spacial score (nSPS) is 21.4. The summed E-state index contributed by atoms with van der Waals surface area (Å²) in [5.41, 5.74) is -0.300. The Morgan fingerprint density at radius 2 is 2.12 bits per heavy atom. The van der Waals surface area contributed by atoms with Crippen molar-refractivity contribution in [2.75, 3.05) is 6.54 Å². The summed E-state index contributed by atoms with van der Waals surface area (Å²) in [4.78, 5) is 3.39. The summed E-state index contributed by atoms with van der Waals surface area (Å²) >= 11 is 5.76. The van der Waals surface area contributed by atoms with Gasteiger partial charge >= 0.3 is 6.18 Å². The number of hydrogen-bond donors (Lipinski definition) is 1. The van der Waals surface area contributed by atoms with Crippen LogP contribution in [0.15, 0.2) is 12.1 Å². The van der Waals surface area contributed by atoms with Crippen LogP contribution in [0.4, 0.5) is 13.2 Å². The van der Waals surface area contributed by atoms with E-state index < -0.39 is 11.9 Å². The first-order valence-electron chi connectivity index (χ1n) is 4.95. The van der Waals surface area contributed by atoms with Gasteiger partial charge in [0.25, 0.3) is 0 Å². The van der Waals surface area contributed by atoms with Gasteiger partial charge in [0.2, 0.25) is 0 Å². The van der Waals surface area contributed by atoms with Crippen molar-refractivity contribution in [1.82, 2.24) is 10.3 Å². The monoisotopic (exact) mass is 250 g/mol. The average Bonchev–Trinajstić information content (AvgIpc) is 2.69. The van der Waals surface area contributed by atoms with Crippen molar-refractivity contribution in [3.8, 4) is 0 Å². The summed E-state index contributed by atoms with van der Waals surface area (Å²) in [6, 6.07) is 2.41. The maximum atomic E-state index is 12.3. The van der Waals surface area contributed by atoms with Gasteiger partial charge < -0.3 is 5.32 Å². The van der Waals surface area contributed by atoms with Gasteiger partial charge in [0.1, 0.15) is 10.8 Å². The minimum Gasteiger partial charge on any atom is -0.310 e. The standard InChI is InChI=1S/C10H10ClF3N2/c11-9-6(7-2-1-5-15-7)3-4-8(16-9)10(12,13)14/h3-4,7,15H,1-2,5H2/t7-/m1/s1. The Bertz CT molecular complexity index is 386. The van der Waals surface area contributed by atoms with Crippen LogP contribution in [0.3, 0.4) is 0 Å². The molecule has 0 amide bonds. The average molecular weight is 251 g/mol. The number of aromatic nitrogens is 1. The lowest BCUT2D eigenvalue weighted by Crippen LogP contribution is -2.15. The molecule has 1 aromatic heterocycles. The van der Waals surface area contributed by atoms with E-state index in [0.29, 0.717) is 5.56 Å². The Morgan fingerprint density at radius 3 is 2.62 bits per heavy atom. The molecule has 1 fully saturated rings. The minimum absolute atomic E-state index is 0.0299. The highest BCUT2D eigenvalue weighted by Crippen LogP contribution is 2.33. The van der Waals surface area contributed by atoms with Crippen molar-refractivity contribution >= 4 is 11.6 Å². The van der Waals surface area contributed by atoms with E-state index in [1.165, 1.54) is 6.07 Å². The topological polar surface area (TPSA) is 24.9 Å². The number of pyridine rings is 1. The van der Waals surface area contributed by atoms with Crippen LogP contribution in [0.5, 0.6) is 0 Å². The summed E-state index contributed by atoms with van der Waals surface area (Å²) < 4.78 is 37.0.